The van der Waals surface area contributed by atoms with Crippen LogP contribution in [0.3, 0.4) is 0 Å². The van der Waals surface area contributed by atoms with E-state index in [1.54, 1.807) is 6.01 Å². The predicted octanol–water partition coefficient (Wildman–Crippen LogP) is 1.14. The number of carboxylic acid groups (broad SMARTS) is 1. The molecule has 0 radical (unpaired) electrons. The monoisotopic (exact) mass is 223 g/mol. The molecule has 2 amide bonds. The fourth-order valence-corrected chi connectivity index (χ4v) is 0.654. The average molecular weight is 223 g/mol. The molecule has 8 heteroatoms. The summed E-state index contributed by atoms with van der Waals surface area (Å²) in [6.45, 7) is 0. The van der Waals surface area contributed by atoms with E-state index in [2.05, 4.69) is 19.7 Å². The Morgan fingerprint density at radius 1 is 1.38 bits per heavy atom. The third-order valence-electron chi connectivity index (χ3n) is 1.20. The van der Waals surface area contributed by atoms with Gasteiger partial charge in [-0.25, -0.2) is 14.6 Å². The SMILES string of the molecule is O=C(O)N=C=NC(=O)Oc1ccc(O)cn1. The minimum Gasteiger partial charge on any atom is -0.506 e. The minimum atomic E-state index is -1.53. The van der Waals surface area contributed by atoms with Gasteiger partial charge in [0.15, 0.2) is 0 Å². The number of hydrogen-bond donors (Lipinski definition) is 2. The number of ether oxygens (including phenoxy) is 1. The Kier molecular flexibility index (Phi) is 3.71. The highest BCUT2D eigenvalue weighted by Gasteiger charge is 2.02. The molecule has 1 rings (SSSR count). The van der Waals surface area contributed by atoms with E-state index in [0.717, 1.165) is 6.20 Å². The van der Waals surface area contributed by atoms with Crippen LogP contribution in [0, 0.1) is 0 Å². The second kappa shape index (κ2) is 5.23. The van der Waals surface area contributed by atoms with Crippen LogP contribution < -0.4 is 4.74 Å². The van der Waals surface area contributed by atoms with Gasteiger partial charge in [0.25, 0.3) is 0 Å². The van der Waals surface area contributed by atoms with E-state index in [0.29, 0.717) is 0 Å². The number of hydrogen-bond acceptors (Lipinski definition) is 5. The molecule has 1 aromatic rings. The molecule has 82 valence electrons. The van der Waals surface area contributed by atoms with Crippen molar-refractivity contribution in [2.75, 3.05) is 0 Å². The molecule has 1 aromatic heterocycles. The van der Waals surface area contributed by atoms with Gasteiger partial charge in [0.1, 0.15) is 11.8 Å². The summed E-state index contributed by atoms with van der Waals surface area (Å²) in [6, 6.07) is 4.10. The Morgan fingerprint density at radius 2 is 2.12 bits per heavy atom. The summed E-state index contributed by atoms with van der Waals surface area (Å²) in [5, 5.41) is 16.9. The van der Waals surface area contributed by atoms with Gasteiger partial charge in [-0.2, -0.15) is 0 Å². The van der Waals surface area contributed by atoms with Crippen LogP contribution in [-0.4, -0.2) is 33.4 Å². The second-order valence-corrected chi connectivity index (χ2v) is 2.33. The lowest BCUT2D eigenvalue weighted by molar-refractivity contribution is 0.206. The largest absolute Gasteiger partial charge is 0.506 e. The van der Waals surface area contributed by atoms with Gasteiger partial charge in [-0.1, -0.05) is 0 Å². The third-order valence-corrected chi connectivity index (χ3v) is 1.20. The van der Waals surface area contributed by atoms with Crippen LogP contribution in [-0.2, 0) is 0 Å². The lowest BCUT2D eigenvalue weighted by Crippen LogP contribution is -2.02. The maximum Gasteiger partial charge on any atom is 0.450 e. The summed E-state index contributed by atoms with van der Waals surface area (Å²) < 4.78 is 4.51. The summed E-state index contributed by atoms with van der Waals surface area (Å²) in [6.07, 6.45) is -1.58. The summed E-state index contributed by atoms with van der Waals surface area (Å²) in [5.74, 6) is -0.181. The van der Waals surface area contributed by atoms with E-state index in [4.69, 9.17) is 10.2 Å². The second-order valence-electron chi connectivity index (χ2n) is 2.33. The molecule has 0 aromatic carbocycles. The van der Waals surface area contributed by atoms with E-state index < -0.39 is 12.2 Å². The molecule has 0 bridgehead atoms. The highest BCUT2D eigenvalue weighted by molar-refractivity contribution is 5.81. The molecule has 0 fully saturated rings. The van der Waals surface area contributed by atoms with Crippen LogP contribution in [0.15, 0.2) is 28.3 Å². The van der Waals surface area contributed by atoms with Gasteiger partial charge in [-0.3, -0.25) is 0 Å². The van der Waals surface area contributed by atoms with Crippen molar-refractivity contribution in [3.63, 3.8) is 0 Å². The Hall–Kier alpha value is -2.73. The van der Waals surface area contributed by atoms with Gasteiger partial charge in [0.2, 0.25) is 5.88 Å². The highest BCUT2D eigenvalue weighted by Crippen LogP contribution is 2.11. The molecule has 0 aliphatic carbocycles. The molecule has 0 saturated heterocycles. The Morgan fingerprint density at radius 3 is 2.69 bits per heavy atom. The van der Waals surface area contributed by atoms with Crippen molar-refractivity contribution in [1.29, 1.82) is 0 Å². The number of pyridine rings is 1. The number of nitrogens with zero attached hydrogens (tertiary/aromatic N) is 3. The number of aliphatic imine (C=N–C) groups is 2. The zero-order valence-corrected chi connectivity index (χ0v) is 7.69. The van der Waals surface area contributed by atoms with Crippen LogP contribution in [0.1, 0.15) is 0 Å². The Labute approximate surface area is 88.6 Å². The number of carbonyl (C=O) groups is 2. The molecular weight excluding hydrogens is 218 g/mol. The summed E-state index contributed by atoms with van der Waals surface area (Å²) in [5.41, 5.74) is 0. The number of amides is 2. The molecule has 0 spiro atoms. The van der Waals surface area contributed by atoms with E-state index in [1.807, 2.05) is 0 Å². The van der Waals surface area contributed by atoms with E-state index in [1.165, 1.54) is 12.1 Å². The lowest BCUT2D eigenvalue weighted by atomic mass is 10.4. The van der Waals surface area contributed by atoms with Gasteiger partial charge in [0, 0.05) is 6.07 Å². The van der Waals surface area contributed by atoms with Crippen molar-refractivity contribution >= 4 is 18.2 Å². The maximum atomic E-state index is 10.9. The van der Waals surface area contributed by atoms with Crippen molar-refractivity contribution < 1.29 is 24.5 Å². The first-order valence-corrected chi connectivity index (χ1v) is 3.84. The van der Waals surface area contributed by atoms with Crippen molar-refractivity contribution in [3.8, 4) is 11.6 Å². The quantitative estimate of drug-likeness (QED) is 0.688. The van der Waals surface area contributed by atoms with Crippen LogP contribution in [0.25, 0.3) is 0 Å². The first kappa shape index (κ1) is 11.3. The van der Waals surface area contributed by atoms with Crippen LogP contribution >= 0.6 is 0 Å². The van der Waals surface area contributed by atoms with Gasteiger partial charge in [-0.15, -0.1) is 9.98 Å². The molecule has 0 atom stereocenters. The zero-order valence-electron chi connectivity index (χ0n) is 7.69. The number of carbonyl (C=O) groups excluding carboxylic acids is 1. The van der Waals surface area contributed by atoms with Crippen LogP contribution in [0.5, 0.6) is 11.6 Å². The maximum absolute atomic E-state index is 10.9. The van der Waals surface area contributed by atoms with Crippen molar-refractivity contribution in [2.45, 2.75) is 0 Å². The summed E-state index contributed by atoms with van der Waals surface area (Å²) >= 11 is 0. The Balaban J connectivity index is 2.62. The average Bonchev–Trinajstić information content (AvgIpc) is 2.21. The first-order valence-electron chi connectivity index (χ1n) is 3.84. The number of aromatic hydroxyl groups is 1. The molecular formula is C8H5N3O5. The standard InChI is InChI=1S/C8H5N3O5/c12-5-1-2-6(9-3-5)16-8(15)11-4-10-7(13)14/h1-3,12H,(H,13,14). The number of aromatic nitrogens is 1. The molecule has 2 N–H and O–H groups in total. The van der Waals surface area contributed by atoms with Crippen molar-refractivity contribution in [3.05, 3.63) is 18.3 Å². The number of rotatable bonds is 1. The summed E-state index contributed by atoms with van der Waals surface area (Å²) in [7, 11) is 0. The van der Waals surface area contributed by atoms with Gasteiger partial charge in [0.05, 0.1) is 6.20 Å². The molecule has 0 aliphatic rings. The molecule has 0 aliphatic heterocycles. The van der Waals surface area contributed by atoms with Crippen LogP contribution in [0.4, 0.5) is 9.59 Å². The molecule has 1 heterocycles. The zero-order chi connectivity index (χ0) is 12.0. The molecule has 0 saturated carbocycles. The Bertz CT molecular complexity index is 461. The van der Waals surface area contributed by atoms with Gasteiger partial charge >= 0.3 is 12.2 Å². The van der Waals surface area contributed by atoms with Crippen LogP contribution in [0.2, 0.25) is 0 Å². The molecule has 8 nitrogen and oxygen atoms in total. The topological polar surface area (TPSA) is 121 Å². The van der Waals surface area contributed by atoms with E-state index in [-0.39, 0.29) is 11.6 Å². The van der Waals surface area contributed by atoms with Gasteiger partial charge in [-0.05, 0) is 6.07 Å². The molecule has 16 heavy (non-hydrogen) atoms. The third kappa shape index (κ3) is 3.99. The van der Waals surface area contributed by atoms with Gasteiger partial charge < -0.3 is 14.9 Å². The summed E-state index contributed by atoms with van der Waals surface area (Å²) in [4.78, 5) is 29.9. The normalized spacial score (nSPS) is 8.75. The van der Waals surface area contributed by atoms with E-state index >= 15 is 0 Å². The van der Waals surface area contributed by atoms with Crippen molar-refractivity contribution in [1.82, 2.24) is 4.98 Å². The fraction of sp³-hybridized carbons (Fsp3) is 0. The highest BCUT2D eigenvalue weighted by atomic mass is 16.6. The minimum absolute atomic E-state index is 0.0873. The lowest BCUT2D eigenvalue weighted by Gasteiger charge is -1.97. The molecule has 0 unspecified atom stereocenters. The van der Waals surface area contributed by atoms with Crippen molar-refractivity contribution in [2.24, 2.45) is 9.98 Å². The smallest absolute Gasteiger partial charge is 0.450 e. The first-order chi connectivity index (χ1) is 7.58. The van der Waals surface area contributed by atoms with E-state index in [9.17, 15) is 9.59 Å². The predicted molar refractivity (Wildman–Crippen MR) is 49.8 cm³/mol. The fourth-order valence-electron chi connectivity index (χ4n) is 0.654.